The second-order valence-corrected chi connectivity index (χ2v) is 5.55. The number of nitrogens with one attached hydrogen (secondary N) is 1. The molecule has 21 heavy (non-hydrogen) atoms. The Kier molecular flexibility index (Phi) is 4.79. The van der Waals surface area contributed by atoms with E-state index in [0.717, 1.165) is 30.4 Å². The van der Waals surface area contributed by atoms with E-state index in [0.29, 0.717) is 0 Å². The molecule has 1 fully saturated rings. The molecule has 0 radical (unpaired) electrons. The molecule has 8 nitrogen and oxygen atoms in total. The number of aliphatic hydroxyl groups is 1. The Bertz CT molecular complexity index is 604. The standard InChI is InChI=1S/C12H17ClN4O4/c1-16-12(19)10(9(13)11(15-16)17(20)21)14-8-5-3-2-4-7(8)6-18/h7-8,14,18H,2-6H2,1H3/t7-,8+/m1/s1. The number of rotatable bonds is 4. The van der Waals surface area contributed by atoms with Gasteiger partial charge in [0, 0.05) is 18.6 Å². The fraction of sp³-hybridized carbons (Fsp3) is 0.667. The van der Waals surface area contributed by atoms with Crippen molar-refractivity contribution in [3.8, 4) is 0 Å². The molecule has 9 heteroatoms. The highest BCUT2D eigenvalue weighted by molar-refractivity contribution is 6.34. The zero-order chi connectivity index (χ0) is 15.6. The van der Waals surface area contributed by atoms with Crippen LogP contribution in [0.4, 0.5) is 11.5 Å². The average molecular weight is 317 g/mol. The van der Waals surface area contributed by atoms with Gasteiger partial charge in [0.05, 0.1) is 12.1 Å². The van der Waals surface area contributed by atoms with Crippen molar-refractivity contribution in [1.29, 1.82) is 0 Å². The molecule has 116 valence electrons. The third-order valence-corrected chi connectivity index (χ3v) is 4.17. The summed E-state index contributed by atoms with van der Waals surface area (Å²) < 4.78 is 0.892. The van der Waals surface area contributed by atoms with Gasteiger partial charge in [0.15, 0.2) is 5.02 Å². The second-order valence-electron chi connectivity index (χ2n) is 5.18. The van der Waals surface area contributed by atoms with Gasteiger partial charge in [0.1, 0.15) is 5.69 Å². The SMILES string of the molecule is Cn1nc([N+](=O)[O-])c(Cl)c(N[C@H]2CCCC[C@@H]2CO)c1=O. The smallest absolute Gasteiger partial charge is 0.396 e. The van der Waals surface area contributed by atoms with Gasteiger partial charge < -0.3 is 20.5 Å². The van der Waals surface area contributed by atoms with Gasteiger partial charge in [-0.05, 0) is 17.8 Å². The average Bonchev–Trinajstić information content (AvgIpc) is 2.47. The number of anilines is 1. The number of aryl methyl sites for hydroxylation is 1. The molecule has 1 aliphatic rings. The van der Waals surface area contributed by atoms with E-state index in [4.69, 9.17) is 11.6 Å². The monoisotopic (exact) mass is 316 g/mol. The highest BCUT2D eigenvalue weighted by atomic mass is 35.5. The van der Waals surface area contributed by atoms with Crippen LogP contribution in [-0.2, 0) is 7.05 Å². The van der Waals surface area contributed by atoms with Crippen molar-refractivity contribution >= 4 is 23.1 Å². The molecule has 0 aliphatic heterocycles. The molecular weight excluding hydrogens is 300 g/mol. The molecule has 1 aromatic rings. The van der Waals surface area contributed by atoms with E-state index in [2.05, 4.69) is 10.4 Å². The third kappa shape index (κ3) is 3.16. The topological polar surface area (TPSA) is 110 Å². The first-order chi connectivity index (χ1) is 9.95. The van der Waals surface area contributed by atoms with Crippen LogP contribution < -0.4 is 10.9 Å². The maximum Gasteiger partial charge on any atom is 0.409 e. The van der Waals surface area contributed by atoms with Gasteiger partial charge in [-0.15, -0.1) is 4.68 Å². The Hall–Kier alpha value is -1.67. The summed E-state index contributed by atoms with van der Waals surface area (Å²) in [5, 5.41) is 26.6. The summed E-state index contributed by atoms with van der Waals surface area (Å²) in [5.41, 5.74) is -0.543. The van der Waals surface area contributed by atoms with E-state index in [9.17, 15) is 20.0 Å². The highest BCUT2D eigenvalue weighted by Gasteiger charge is 2.29. The van der Waals surface area contributed by atoms with Crippen LogP contribution >= 0.6 is 11.6 Å². The van der Waals surface area contributed by atoms with E-state index in [1.165, 1.54) is 7.05 Å². The summed E-state index contributed by atoms with van der Waals surface area (Å²) in [6.45, 7) is 0.00276. The van der Waals surface area contributed by atoms with Crippen molar-refractivity contribution < 1.29 is 10.0 Å². The molecule has 1 heterocycles. The molecule has 0 bridgehead atoms. The maximum atomic E-state index is 12.1. The lowest BCUT2D eigenvalue weighted by atomic mass is 9.85. The molecule has 1 aromatic heterocycles. The van der Waals surface area contributed by atoms with Crippen LogP contribution in [0.15, 0.2) is 4.79 Å². The summed E-state index contributed by atoms with van der Waals surface area (Å²) in [6.07, 6.45) is 3.62. The summed E-state index contributed by atoms with van der Waals surface area (Å²) in [4.78, 5) is 22.3. The minimum absolute atomic E-state index is 0.00276. The van der Waals surface area contributed by atoms with Crippen molar-refractivity contribution in [1.82, 2.24) is 9.78 Å². The van der Waals surface area contributed by atoms with Gasteiger partial charge >= 0.3 is 11.4 Å². The zero-order valence-corrected chi connectivity index (χ0v) is 12.3. The lowest BCUT2D eigenvalue weighted by Crippen LogP contribution is -2.37. The van der Waals surface area contributed by atoms with Crippen molar-refractivity contribution in [2.24, 2.45) is 13.0 Å². The quantitative estimate of drug-likeness (QED) is 0.640. The Morgan fingerprint density at radius 2 is 2.19 bits per heavy atom. The molecule has 1 saturated carbocycles. The van der Waals surface area contributed by atoms with Crippen molar-refractivity contribution in [2.45, 2.75) is 31.7 Å². The first-order valence-corrected chi connectivity index (χ1v) is 7.12. The molecule has 1 aliphatic carbocycles. The second kappa shape index (κ2) is 6.40. The van der Waals surface area contributed by atoms with Gasteiger partial charge in [0.25, 0.3) is 0 Å². The van der Waals surface area contributed by atoms with Gasteiger partial charge in [-0.3, -0.25) is 4.79 Å². The lowest BCUT2D eigenvalue weighted by Gasteiger charge is -2.31. The van der Waals surface area contributed by atoms with E-state index in [1.54, 1.807) is 0 Å². The van der Waals surface area contributed by atoms with Crippen molar-refractivity contribution in [2.75, 3.05) is 11.9 Å². The zero-order valence-electron chi connectivity index (χ0n) is 11.6. The predicted molar refractivity (Wildman–Crippen MR) is 77.6 cm³/mol. The number of halogens is 1. The maximum absolute atomic E-state index is 12.1. The third-order valence-electron chi connectivity index (χ3n) is 3.81. The van der Waals surface area contributed by atoms with Crippen molar-refractivity contribution in [3.05, 3.63) is 25.5 Å². The molecule has 2 N–H and O–H groups in total. The number of aliphatic hydroxyl groups excluding tert-OH is 1. The molecule has 0 amide bonds. The minimum atomic E-state index is -0.725. The number of nitro groups is 1. The van der Waals surface area contributed by atoms with Crippen LogP contribution in [-0.4, -0.2) is 32.5 Å². The Morgan fingerprint density at radius 1 is 1.52 bits per heavy atom. The van der Waals surface area contributed by atoms with Gasteiger partial charge in [-0.1, -0.05) is 24.4 Å². The van der Waals surface area contributed by atoms with E-state index in [1.807, 2.05) is 0 Å². The molecular formula is C12H17ClN4O4. The predicted octanol–water partition coefficient (Wildman–Crippen LogP) is 1.30. The summed E-state index contributed by atoms with van der Waals surface area (Å²) in [7, 11) is 1.33. The van der Waals surface area contributed by atoms with Crippen LogP contribution in [0, 0.1) is 16.0 Å². The number of aromatic nitrogens is 2. The van der Waals surface area contributed by atoms with E-state index < -0.39 is 16.3 Å². The Balaban J connectivity index is 2.39. The molecule has 2 rings (SSSR count). The minimum Gasteiger partial charge on any atom is -0.396 e. The largest absolute Gasteiger partial charge is 0.409 e. The first kappa shape index (κ1) is 15.7. The molecule has 0 aromatic carbocycles. The van der Waals surface area contributed by atoms with Crippen LogP contribution in [0.1, 0.15) is 25.7 Å². The molecule has 0 saturated heterocycles. The van der Waals surface area contributed by atoms with Gasteiger partial charge in [-0.25, -0.2) is 0 Å². The lowest BCUT2D eigenvalue weighted by molar-refractivity contribution is -0.390. The van der Waals surface area contributed by atoms with Crippen LogP contribution in [0.25, 0.3) is 0 Å². The number of nitrogens with zero attached hydrogens (tertiary/aromatic N) is 3. The van der Waals surface area contributed by atoms with Crippen molar-refractivity contribution in [3.63, 3.8) is 0 Å². The van der Waals surface area contributed by atoms with Gasteiger partial charge in [0.2, 0.25) is 0 Å². The first-order valence-electron chi connectivity index (χ1n) is 6.74. The van der Waals surface area contributed by atoms with Crippen LogP contribution in [0.2, 0.25) is 5.02 Å². The van der Waals surface area contributed by atoms with Gasteiger partial charge in [-0.2, -0.15) is 0 Å². The molecule has 0 spiro atoms. The molecule has 2 atom stereocenters. The van der Waals surface area contributed by atoms with Crippen LogP contribution in [0.3, 0.4) is 0 Å². The summed E-state index contributed by atoms with van der Waals surface area (Å²) in [6, 6.07) is -0.129. The highest BCUT2D eigenvalue weighted by Crippen LogP contribution is 2.31. The summed E-state index contributed by atoms with van der Waals surface area (Å²) >= 11 is 5.95. The van der Waals surface area contributed by atoms with E-state index in [-0.39, 0.29) is 29.3 Å². The number of hydrogen-bond acceptors (Lipinski definition) is 6. The summed E-state index contributed by atoms with van der Waals surface area (Å²) in [5.74, 6) is -0.552. The normalized spacial score (nSPS) is 22.0. The number of hydrogen-bond donors (Lipinski definition) is 2. The van der Waals surface area contributed by atoms with Crippen LogP contribution in [0.5, 0.6) is 0 Å². The fourth-order valence-corrected chi connectivity index (χ4v) is 2.88. The van der Waals surface area contributed by atoms with E-state index >= 15 is 0 Å². The molecule has 0 unspecified atom stereocenters. The fourth-order valence-electron chi connectivity index (χ4n) is 2.64. The Morgan fingerprint density at radius 3 is 2.81 bits per heavy atom. The Labute approximate surface area is 125 Å².